The maximum Gasteiger partial charge on any atom is 0.332 e. The first-order valence-corrected chi connectivity index (χ1v) is 5.38. The lowest BCUT2D eigenvalue weighted by Gasteiger charge is -2.04. The van der Waals surface area contributed by atoms with Crippen molar-refractivity contribution in [2.24, 2.45) is 7.05 Å². The van der Waals surface area contributed by atoms with Crippen molar-refractivity contribution >= 4 is 11.0 Å². The van der Waals surface area contributed by atoms with Crippen molar-refractivity contribution in [3.05, 3.63) is 27.0 Å². The van der Waals surface area contributed by atoms with Gasteiger partial charge in [-0.05, 0) is 6.92 Å². The molecule has 0 atom stereocenters. The quantitative estimate of drug-likeness (QED) is 0.736. The summed E-state index contributed by atoms with van der Waals surface area (Å²) in [7, 11) is 1.44. The Balaban J connectivity index is 2.87. The molecule has 0 spiro atoms. The van der Waals surface area contributed by atoms with Crippen molar-refractivity contribution < 1.29 is 5.11 Å². The van der Waals surface area contributed by atoms with Gasteiger partial charge in [0.25, 0.3) is 5.56 Å². The molecule has 7 nitrogen and oxygen atoms in total. The summed E-state index contributed by atoms with van der Waals surface area (Å²) in [6.45, 7) is 2.50. The Bertz CT molecular complexity index is 664. The first-order chi connectivity index (χ1) is 8.10. The fourth-order valence-electron chi connectivity index (χ4n) is 1.80. The van der Waals surface area contributed by atoms with Gasteiger partial charge >= 0.3 is 5.69 Å². The average molecular weight is 238 g/mol. The molecule has 0 aliphatic carbocycles. The van der Waals surface area contributed by atoms with Crippen LogP contribution in [0.2, 0.25) is 0 Å². The van der Waals surface area contributed by atoms with E-state index in [4.69, 9.17) is 5.11 Å². The molecule has 0 unspecified atom stereocenters. The molecule has 0 aromatic carbocycles. The van der Waals surface area contributed by atoms with Crippen molar-refractivity contribution in [2.75, 3.05) is 6.61 Å². The summed E-state index contributed by atoms with van der Waals surface area (Å²) in [5.41, 5.74) is -0.368. The van der Waals surface area contributed by atoms with Crippen LogP contribution in [0.5, 0.6) is 0 Å². The normalized spacial score (nSPS) is 11.2. The lowest BCUT2D eigenvalue weighted by Crippen LogP contribution is -2.37. The van der Waals surface area contributed by atoms with Crippen LogP contribution in [0.25, 0.3) is 11.0 Å². The third-order valence-corrected chi connectivity index (χ3v) is 2.70. The summed E-state index contributed by atoms with van der Waals surface area (Å²) in [6, 6.07) is 0. The van der Waals surface area contributed by atoms with Gasteiger partial charge in [0.1, 0.15) is 5.39 Å². The zero-order chi connectivity index (χ0) is 12.6. The second kappa shape index (κ2) is 4.17. The summed E-state index contributed by atoms with van der Waals surface area (Å²) in [5, 5.41) is 13.4. The van der Waals surface area contributed by atoms with E-state index in [9.17, 15) is 9.59 Å². The molecule has 17 heavy (non-hydrogen) atoms. The zero-order valence-electron chi connectivity index (χ0n) is 9.75. The van der Waals surface area contributed by atoms with Gasteiger partial charge in [-0.3, -0.25) is 18.6 Å². The molecule has 0 radical (unpaired) electrons. The monoisotopic (exact) mass is 238 g/mol. The van der Waals surface area contributed by atoms with Gasteiger partial charge < -0.3 is 5.11 Å². The van der Waals surface area contributed by atoms with Gasteiger partial charge in [-0.25, -0.2) is 4.79 Å². The van der Waals surface area contributed by atoms with Gasteiger partial charge in [0.2, 0.25) is 0 Å². The van der Waals surface area contributed by atoms with Crippen molar-refractivity contribution in [3.8, 4) is 0 Å². The fourth-order valence-corrected chi connectivity index (χ4v) is 1.80. The van der Waals surface area contributed by atoms with Gasteiger partial charge in [-0.2, -0.15) is 5.10 Å². The van der Waals surface area contributed by atoms with Crippen molar-refractivity contribution in [3.63, 3.8) is 0 Å². The lowest BCUT2D eigenvalue weighted by molar-refractivity contribution is 0.269. The molecule has 0 bridgehead atoms. The Morgan fingerprint density at radius 3 is 2.71 bits per heavy atom. The van der Waals surface area contributed by atoms with E-state index in [1.165, 1.54) is 16.3 Å². The van der Waals surface area contributed by atoms with Crippen molar-refractivity contribution in [1.82, 2.24) is 18.9 Å². The molecule has 0 saturated carbocycles. The lowest BCUT2D eigenvalue weighted by atomic mass is 10.4. The van der Waals surface area contributed by atoms with E-state index in [0.717, 1.165) is 4.57 Å². The van der Waals surface area contributed by atoms with Crippen molar-refractivity contribution in [2.45, 2.75) is 20.0 Å². The van der Waals surface area contributed by atoms with Crippen LogP contribution in [-0.2, 0) is 20.1 Å². The molecule has 0 fully saturated rings. The number of hydrogen-bond acceptors (Lipinski definition) is 4. The molecule has 2 heterocycles. The molecular weight excluding hydrogens is 224 g/mol. The highest BCUT2D eigenvalue weighted by Crippen LogP contribution is 2.05. The smallest absolute Gasteiger partial charge is 0.332 e. The standard InChI is InChI=1S/C10H14N4O3/c1-3-14-8-7(6-13(11-8)4-5-15)9(16)12(2)10(14)17/h6,15H,3-5H2,1-2H3. The number of nitrogens with zero attached hydrogens (tertiary/aromatic N) is 4. The number of aliphatic hydroxyl groups excluding tert-OH is 1. The van der Waals surface area contributed by atoms with E-state index in [1.807, 2.05) is 6.92 Å². The molecule has 2 aromatic rings. The average Bonchev–Trinajstić information content (AvgIpc) is 2.71. The first kappa shape index (κ1) is 11.6. The molecule has 0 saturated heterocycles. The molecule has 1 N–H and O–H groups in total. The van der Waals surface area contributed by atoms with Crippen LogP contribution in [0.15, 0.2) is 15.8 Å². The number of aromatic nitrogens is 4. The van der Waals surface area contributed by atoms with E-state index in [0.29, 0.717) is 24.1 Å². The Hall–Kier alpha value is -1.89. The number of hydrogen-bond donors (Lipinski definition) is 1. The van der Waals surface area contributed by atoms with Crippen LogP contribution >= 0.6 is 0 Å². The maximum atomic E-state index is 11.9. The molecule has 0 aliphatic heterocycles. The van der Waals surface area contributed by atoms with Crippen LogP contribution in [-0.4, -0.2) is 30.6 Å². The van der Waals surface area contributed by atoms with Gasteiger partial charge in [0, 0.05) is 19.8 Å². The number of aryl methyl sites for hydroxylation is 1. The third kappa shape index (κ3) is 1.68. The van der Waals surface area contributed by atoms with Crippen LogP contribution < -0.4 is 11.2 Å². The predicted molar refractivity (Wildman–Crippen MR) is 62.0 cm³/mol. The number of aliphatic hydroxyl groups is 1. The topological polar surface area (TPSA) is 82.0 Å². The first-order valence-electron chi connectivity index (χ1n) is 5.38. The molecule has 2 rings (SSSR count). The Labute approximate surface area is 96.5 Å². The second-order valence-electron chi connectivity index (χ2n) is 3.74. The van der Waals surface area contributed by atoms with Gasteiger partial charge in [-0.15, -0.1) is 0 Å². The largest absolute Gasteiger partial charge is 0.394 e. The summed E-state index contributed by atoms with van der Waals surface area (Å²) < 4.78 is 3.97. The minimum absolute atomic E-state index is 0.0648. The SMILES string of the molecule is CCn1c(=O)n(C)c(=O)c2cn(CCO)nc21. The molecule has 0 aliphatic rings. The molecule has 7 heteroatoms. The number of rotatable bonds is 3. The Morgan fingerprint density at radius 2 is 2.12 bits per heavy atom. The van der Waals surface area contributed by atoms with Gasteiger partial charge in [0.05, 0.1) is 13.2 Å². The minimum atomic E-state index is -0.376. The summed E-state index contributed by atoms with van der Waals surface area (Å²) in [5.74, 6) is 0. The predicted octanol–water partition coefficient (Wildman–Crippen LogP) is -1.09. The molecule has 92 valence electrons. The molecule has 0 amide bonds. The van der Waals surface area contributed by atoms with Crippen LogP contribution in [0.1, 0.15) is 6.92 Å². The minimum Gasteiger partial charge on any atom is -0.394 e. The molecular formula is C10H14N4O3. The van der Waals surface area contributed by atoms with Gasteiger partial charge in [0.15, 0.2) is 5.65 Å². The highest BCUT2D eigenvalue weighted by Gasteiger charge is 2.13. The Morgan fingerprint density at radius 1 is 1.41 bits per heavy atom. The zero-order valence-corrected chi connectivity index (χ0v) is 9.75. The van der Waals surface area contributed by atoms with Crippen LogP contribution in [0.4, 0.5) is 0 Å². The highest BCUT2D eigenvalue weighted by molar-refractivity contribution is 5.73. The third-order valence-electron chi connectivity index (χ3n) is 2.70. The van der Waals surface area contributed by atoms with Crippen molar-refractivity contribution in [1.29, 1.82) is 0 Å². The van der Waals surface area contributed by atoms with Crippen LogP contribution in [0.3, 0.4) is 0 Å². The van der Waals surface area contributed by atoms with E-state index in [1.54, 1.807) is 6.20 Å². The maximum absolute atomic E-state index is 11.9. The van der Waals surface area contributed by atoms with E-state index in [2.05, 4.69) is 5.10 Å². The van der Waals surface area contributed by atoms with Gasteiger partial charge in [-0.1, -0.05) is 0 Å². The summed E-state index contributed by atoms with van der Waals surface area (Å²) in [4.78, 5) is 23.7. The van der Waals surface area contributed by atoms with Crippen LogP contribution in [0, 0.1) is 0 Å². The van der Waals surface area contributed by atoms with E-state index < -0.39 is 0 Å². The van der Waals surface area contributed by atoms with E-state index in [-0.39, 0.29) is 17.9 Å². The summed E-state index contributed by atoms with van der Waals surface area (Å²) >= 11 is 0. The fraction of sp³-hybridized carbons (Fsp3) is 0.500. The van der Waals surface area contributed by atoms with E-state index >= 15 is 0 Å². The second-order valence-corrected chi connectivity index (χ2v) is 3.74. The molecule has 2 aromatic heterocycles. The summed E-state index contributed by atoms with van der Waals surface area (Å²) in [6.07, 6.45) is 1.56. The Kier molecular flexibility index (Phi) is 2.84. The number of fused-ring (bicyclic) bond motifs is 1. The highest BCUT2D eigenvalue weighted by atomic mass is 16.3.